The number of carboxylic acids is 1. The molecule has 0 radical (unpaired) electrons. The lowest BCUT2D eigenvalue weighted by molar-refractivity contribution is -0.139. The van der Waals surface area contributed by atoms with Crippen LogP contribution < -0.4 is 10.6 Å². The zero-order valence-corrected chi connectivity index (χ0v) is 21.4. The standard InChI is InChI=1S/C29H29FN4O4/c1-4-20-14-22(30)12-18(3)27(20)28(35)33-24(29(36)37)13-19-5-7-21(8-6-19)25-15-23(34-38-25)16-32-26-11-17(2)9-10-31-26/h5-12,14-15,24H,4,13,16H2,1-3H3,(H,31,32)(H,33,35)(H,36,37). The van der Waals surface area contributed by atoms with Crippen molar-refractivity contribution in [3.8, 4) is 11.3 Å². The summed E-state index contributed by atoms with van der Waals surface area (Å²) >= 11 is 0. The second kappa shape index (κ2) is 11.7. The summed E-state index contributed by atoms with van der Waals surface area (Å²) in [6.45, 7) is 5.89. The summed E-state index contributed by atoms with van der Waals surface area (Å²) in [6, 6.07) is 14.3. The number of rotatable bonds is 10. The average molecular weight is 517 g/mol. The number of hydrogen-bond acceptors (Lipinski definition) is 6. The fourth-order valence-corrected chi connectivity index (χ4v) is 4.23. The summed E-state index contributed by atoms with van der Waals surface area (Å²) in [5.41, 5.74) is 4.62. The fourth-order valence-electron chi connectivity index (χ4n) is 4.23. The zero-order chi connectivity index (χ0) is 27.2. The van der Waals surface area contributed by atoms with Gasteiger partial charge in [-0.3, -0.25) is 4.79 Å². The predicted octanol–water partition coefficient (Wildman–Crippen LogP) is 5.09. The van der Waals surface area contributed by atoms with Crippen molar-refractivity contribution in [1.29, 1.82) is 0 Å². The largest absolute Gasteiger partial charge is 0.480 e. The normalized spacial score (nSPS) is 11.7. The van der Waals surface area contributed by atoms with E-state index in [2.05, 4.69) is 20.8 Å². The van der Waals surface area contributed by atoms with Crippen LogP contribution >= 0.6 is 0 Å². The molecule has 8 nitrogen and oxygen atoms in total. The highest BCUT2D eigenvalue weighted by molar-refractivity contribution is 5.99. The molecule has 2 heterocycles. The minimum absolute atomic E-state index is 0.0815. The molecule has 0 aliphatic heterocycles. The van der Waals surface area contributed by atoms with Gasteiger partial charge in [-0.1, -0.05) is 36.3 Å². The van der Waals surface area contributed by atoms with Crippen molar-refractivity contribution >= 4 is 17.7 Å². The molecule has 1 amide bonds. The Morgan fingerprint density at radius 2 is 1.84 bits per heavy atom. The first-order valence-electron chi connectivity index (χ1n) is 12.3. The van der Waals surface area contributed by atoms with Gasteiger partial charge in [-0.05, 0) is 66.8 Å². The maximum Gasteiger partial charge on any atom is 0.326 e. The first-order chi connectivity index (χ1) is 18.2. The van der Waals surface area contributed by atoms with E-state index in [1.165, 1.54) is 12.1 Å². The molecule has 38 heavy (non-hydrogen) atoms. The number of aryl methyl sites for hydroxylation is 3. The van der Waals surface area contributed by atoms with Crippen LogP contribution in [0.15, 0.2) is 65.3 Å². The van der Waals surface area contributed by atoms with Crippen LogP contribution in [0, 0.1) is 19.7 Å². The van der Waals surface area contributed by atoms with Crippen molar-refractivity contribution in [2.45, 2.75) is 46.2 Å². The molecule has 4 rings (SSSR count). The van der Waals surface area contributed by atoms with E-state index in [0.29, 0.717) is 41.1 Å². The van der Waals surface area contributed by atoms with Gasteiger partial charge in [0.25, 0.3) is 5.91 Å². The van der Waals surface area contributed by atoms with Gasteiger partial charge in [0, 0.05) is 29.8 Å². The number of halogens is 1. The second-order valence-electron chi connectivity index (χ2n) is 9.13. The molecule has 2 aromatic heterocycles. The molecule has 0 bridgehead atoms. The summed E-state index contributed by atoms with van der Waals surface area (Å²) in [7, 11) is 0. The van der Waals surface area contributed by atoms with E-state index in [1.54, 1.807) is 25.3 Å². The molecule has 2 aromatic carbocycles. The number of carboxylic acid groups (broad SMARTS) is 1. The Balaban J connectivity index is 1.41. The summed E-state index contributed by atoms with van der Waals surface area (Å²) < 4.78 is 19.3. The minimum atomic E-state index is -1.16. The van der Waals surface area contributed by atoms with Gasteiger partial charge in [-0.15, -0.1) is 0 Å². The Morgan fingerprint density at radius 1 is 1.08 bits per heavy atom. The summed E-state index contributed by atoms with van der Waals surface area (Å²) in [5, 5.41) is 19.6. The molecular formula is C29H29FN4O4. The van der Waals surface area contributed by atoms with E-state index in [1.807, 2.05) is 44.2 Å². The Morgan fingerprint density at radius 3 is 2.53 bits per heavy atom. The van der Waals surface area contributed by atoms with Gasteiger partial charge in [-0.25, -0.2) is 14.2 Å². The van der Waals surface area contributed by atoms with Crippen molar-refractivity contribution in [3.05, 3.63) is 100 Å². The van der Waals surface area contributed by atoms with Gasteiger partial charge in [0.2, 0.25) is 0 Å². The van der Waals surface area contributed by atoms with Crippen LogP contribution in [0.25, 0.3) is 11.3 Å². The van der Waals surface area contributed by atoms with Crippen LogP contribution in [-0.4, -0.2) is 33.2 Å². The Labute approximate surface area is 219 Å². The number of carbonyl (C=O) groups excluding carboxylic acids is 1. The van der Waals surface area contributed by atoms with Crippen molar-refractivity contribution in [2.75, 3.05) is 5.32 Å². The van der Waals surface area contributed by atoms with Crippen LogP contribution in [0.2, 0.25) is 0 Å². The number of benzene rings is 2. The quantitative estimate of drug-likeness (QED) is 0.269. The number of aromatic nitrogens is 2. The Kier molecular flexibility index (Phi) is 8.15. The van der Waals surface area contributed by atoms with Crippen LogP contribution in [0.4, 0.5) is 10.2 Å². The minimum Gasteiger partial charge on any atom is -0.480 e. The maximum atomic E-state index is 13.8. The number of carbonyl (C=O) groups is 2. The van der Waals surface area contributed by atoms with Gasteiger partial charge in [0.15, 0.2) is 5.76 Å². The van der Waals surface area contributed by atoms with Crippen molar-refractivity contribution < 1.29 is 23.6 Å². The molecule has 9 heteroatoms. The number of nitrogens with zero attached hydrogens (tertiary/aromatic N) is 2. The van der Waals surface area contributed by atoms with Crippen LogP contribution in [0.3, 0.4) is 0 Å². The highest BCUT2D eigenvalue weighted by atomic mass is 19.1. The number of pyridine rings is 1. The van der Waals surface area contributed by atoms with E-state index < -0.39 is 23.7 Å². The van der Waals surface area contributed by atoms with Gasteiger partial charge in [-0.2, -0.15) is 0 Å². The average Bonchev–Trinajstić information content (AvgIpc) is 3.36. The maximum absolute atomic E-state index is 13.8. The van der Waals surface area contributed by atoms with E-state index in [0.717, 1.165) is 22.5 Å². The molecule has 0 saturated carbocycles. The van der Waals surface area contributed by atoms with Crippen LogP contribution in [-0.2, 0) is 24.2 Å². The second-order valence-corrected chi connectivity index (χ2v) is 9.13. The molecule has 1 atom stereocenters. The summed E-state index contributed by atoms with van der Waals surface area (Å²) in [4.78, 5) is 29.1. The topological polar surface area (TPSA) is 117 Å². The molecular weight excluding hydrogens is 487 g/mol. The lowest BCUT2D eigenvalue weighted by Crippen LogP contribution is -2.42. The first kappa shape index (κ1) is 26.5. The van der Waals surface area contributed by atoms with E-state index in [4.69, 9.17) is 4.52 Å². The highest BCUT2D eigenvalue weighted by Gasteiger charge is 2.24. The lowest BCUT2D eigenvalue weighted by atomic mass is 9.98. The first-order valence-corrected chi connectivity index (χ1v) is 12.3. The molecule has 0 aliphatic rings. The van der Waals surface area contributed by atoms with Crippen molar-refractivity contribution in [1.82, 2.24) is 15.5 Å². The van der Waals surface area contributed by atoms with Gasteiger partial charge in [0.1, 0.15) is 23.4 Å². The van der Waals surface area contributed by atoms with Crippen LogP contribution in [0.5, 0.6) is 0 Å². The molecule has 0 fully saturated rings. The predicted molar refractivity (Wildman–Crippen MR) is 141 cm³/mol. The number of hydrogen-bond donors (Lipinski definition) is 3. The SMILES string of the molecule is CCc1cc(F)cc(C)c1C(=O)NC(Cc1ccc(-c2cc(CNc3cc(C)ccn3)no2)cc1)C(=O)O. The summed E-state index contributed by atoms with van der Waals surface area (Å²) in [6.07, 6.45) is 2.26. The third kappa shape index (κ3) is 6.42. The van der Waals surface area contributed by atoms with Gasteiger partial charge >= 0.3 is 5.97 Å². The molecule has 1 unspecified atom stereocenters. The number of amides is 1. The lowest BCUT2D eigenvalue weighted by Gasteiger charge is -2.17. The van der Waals surface area contributed by atoms with Crippen molar-refractivity contribution in [2.24, 2.45) is 0 Å². The highest BCUT2D eigenvalue weighted by Crippen LogP contribution is 2.22. The molecule has 196 valence electrons. The Bertz CT molecular complexity index is 1450. The number of nitrogens with one attached hydrogen (secondary N) is 2. The number of anilines is 1. The van der Waals surface area contributed by atoms with E-state index in [9.17, 15) is 19.1 Å². The van der Waals surface area contributed by atoms with E-state index in [-0.39, 0.29) is 6.42 Å². The smallest absolute Gasteiger partial charge is 0.326 e. The third-order valence-corrected chi connectivity index (χ3v) is 6.20. The van der Waals surface area contributed by atoms with E-state index >= 15 is 0 Å². The van der Waals surface area contributed by atoms with Gasteiger partial charge < -0.3 is 20.3 Å². The molecule has 3 N–H and O–H groups in total. The molecule has 4 aromatic rings. The monoisotopic (exact) mass is 516 g/mol. The van der Waals surface area contributed by atoms with Crippen molar-refractivity contribution in [3.63, 3.8) is 0 Å². The molecule has 0 aliphatic carbocycles. The Hall–Kier alpha value is -4.53. The fraction of sp³-hybridized carbons (Fsp3) is 0.241. The third-order valence-electron chi connectivity index (χ3n) is 6.20. The summed E-state index contributed by atoms with van der Waals surface area (Å²) in [5.74, 6) is -0.793. The van der Waals surface area contributed by atoms with Crippen LogP contribution in [0.1, 0.15) is 45.2 Å². The van der Waals surface area contributed by atoms with Gasteiger partial charge in [0.05, 0.1) is 6.54 Å². The molecule has 0 saturated heterocycles. The number of aliphatic carboxylic acids is 1. The molecule has 0 spiro atoms. The zero-order valence-electron chi connectivity index (χ0n) is 21.4.